The molecular formula is C16H19NO2S. The zero-order valence-corrected chi connectivity index (χ0v) is 12.8. The average Bonchev–Trinajstić information content (AvgIpc) is 2.86. The van der Waals surface area contributed by atoms with Gasteiger partial charge in [-0.15, -0.1) is 11.3 Å². The monoisotopic (exact) mass is 289 g/mol. The van der Waals surface area contributed by atoms with E-state index in [1.807, 2.05) is 37.3 Å². The van der Waals surface area contributed by atoms with Crippen LogP contribution in [-0.2, 0) is 4.74 Å². The van der Waals surface area contributed by atoms with Crippen molar-refractivity contribution in [3.63, 3.8) is 0 Å². The van der Waals surface area contributed by atoms with Gasteiger partial charge in [-0.1, -0.05) is 17.7 Å². The molecule has 0 aliphatic carbocycles. The maximum absolute atomic E-state index is 12.1. The van der Waals surface area contributed by atoms with E-state index in [1.54, 1.807) is 18.4 Å². The molecule has 0 fully saturated rings. The number of hydrogen-bond acceptors (Lipinski definition) is 3. The van der Waals surface area contributed by atoms with E-state index >= 15 is 0 Å². The number of carbonyl (C=O) groups excluding carboxylic acids is 1. The number of amides is 1. The Morgan fingerprint density at radius 3 is 2.70 bits per heavy atom. The summed E-state index contributed by atoms with van der Waals surface area (Å²) in [7, 11) is 1.67. The van der Waals surface area contributed by atoms with Crippen LogP contribution in [0.2, 0.25) is 0 Å². The second-order valence-electron chi connectivity index (χ2n) is 4.75. The third-order valence-corrected chi connectivity index (χ3v) is 4.18. The Balaban J connectivity index is 1.98. The molecule has 4 heteroatoms. The number of methoxy groups -OCH3 is 1. The Bertz CT molecular complexity index is 592. The van der Waals surface area contributed by atoms with E-state index in [0.717, 1.165) is 10.4 Å². The summed E-state index contributed by atoms with van der Waals surface area (Å²) in [6, 6.07) is 11.7. The Morgan fingerprint density at radius 1 is 1.30 bits per heavy atom. The van der Waals surface area contributed by atoms with Gasteiger partial charge in [0.25, 0.3) is 5.91 Å². The van der Waals surface area contributed by atoms with Crippen molar-refractivity contribution in [3.8, 4) is 0 Å². The normalized spacial score (nSPS) is 12.2. The first-order chi connectivity index (χ1) is 9.60. The molecule has 1 N–H and O–H groups in total. The lowest BCUT2D eigenvalue weighted by atomic mass is 10.1. The second kappa shape index (κ2) is 6.68. The van der Waals surface area contributed by atoms with Crippen LogP contribution in [0.4, 0.5) is 0 Å². The van der Waals surface area contributed by atoms with Crippen molar-refractivity contribution in [2.75, 3.05) is 13.7 Å². The molecule has 2 aromatic rings. The number of ether oxygens (including phenoxy) is 1. The van der Waals surface area contributed by atoms with E-state index in [2.05, 4.69) is 18.3 Å². The van der Waals surface area contributed by atoms with E-state index < -0.39 is 0 Å². The van der Waals surface area contributed by atoms with Crippen molar-refractivity contribution in [3.05, 3.63) is 57.3 Å². The first-order valence-electron chi connectivity index (χ1n) is 6.54. The molecular weight excluding hydrogens is 270 g/mol. The Labute approximate surface area is 123 Å². The molecule has 0 aliphatic heterocycles. The van der Waals surface area contributed by atoms with Crippen LogP contribution in [0.1, 0.15) is 31.8 Å². The first kappa shape index (κ1) is 14.8. The summed E-state index contributed by atoms with van der Waals surface area (Å²) in [5.41, 5.74) is 1.76. The van der Waals surface area contributed by atoms with Gasteiger partial charge in [0.2, 0.25) is 0 Å². The predicted octanol–water partition coefficient (Wildman–Crippen LogP) is 3.48. The molecule has 106 valence electrons. The van der Waals surface area contributed by atoms with Gasteiger partial charge in [0, 0.05) is 29.0 Å². The van der Waals surface area contributed by atoms with Crippen molar-refractivity contribution < 1.29 is 9.53 Å². The maximum Gasteiger partial charge on any atom is 0.251 e. The minimum Gasteiger partial charge on any atom is -0.374 e. The van der Waals surface area contributed by atoms with Gasteiger partial charge >= 0.3 is 0 Å². The highest BCUT2D eigenvalue weighted by molar-refractivity contribution is 7.12. The molecule has 0 saturated heterocycles. The molecule has 1 atom stereocenters. The summed E-state index contributed by atoms with van der Waals surface area (Å²) >= 11 is 1.69. The number of hydrogen-bond donors (Lipinski definition) is 1. The lowest BCUT2D eigenvalue weighted by Crippen LogP contribution is -2.28. The maximum atomic E-state index is 12.1. The topological polar surface area (TPSA) is 38.3 Å². The van der Waals surface area contributed by atoms with Gasteiger partial charge in [-0.05, 0) is 38.1 Å². The van der Waals surface area contributed by atoms with Crippen LogP contribution in [0.3, 0.4) is 0 Å². The fraction of sp³-hybridized carbons (Fsp3) is 0.312. The number of thiophene rings is 1. The summed E-state index contributed by atoms with van der Waals surface area (Å²) in [5.74, 6) is -0.0657. The van der Waals surface area contributed by atoms with Crippen LogP contribution >= 0.6 is 11.3 Å². The number of rotatable bonds is 5. The minimum absolute atomic E-state index is 0.0657. The van der Waals surface area contributed by atoms with Crippen LogP contribution in [0.5, 0.6) is 0 Å². The van der Waals surface area contributed by atoms with Crippen molar-refractivity contribution in [2.45, 2.75) is 20.0 Å². The Morgan fingerprint density at radius 2 is 2.10 bits per heavy atom. The molecule has 1 aromatic carbocycles. The van der Waals surface area contributed by atoms with Gasteiger partial charge in [0.1, 0.15) is 6.10 Å². The molecule has 0 aliphatic rings. The van der Waals surface area contributed by atoms with E-state index in [1.165, 1.54) is 4.88 Å². The van der Waals surface area contributed by atoms with Crippen molar-refractivity contribution in [2.24, 2.45) is 0 Å². The third-order valence-electron chi connectivity index (χ3n) is 3.09. The number of nitrogens with one attached hydrogen (secondary N) is 1. The summed E-state index contributed by atoms with van der Waals surface area (Å²) in [5, 5.41) is 2.93. The summed E-state index contributed by atoms with van der Waals surface area (Å²) in [4.78, 5) is 14.5. The average molecular weight is 289 g/mol. The summed E-state index contributed by atoms with van der Waals surface area (Å²) in [6.45, 7) is 4.51. The highest BCUT2D eigenvalue weighted by Gasteiger charge is 2.14. The van der Waals surface area contributed by atoms with Gasteiger partial charge in [-0.25, -0.2) is 0 Å². The van der Waals surface area contributed by atoms with E-state index in [-0.39, 0.29) is 12.0 Å². The lowest BCUT2D eigenvalue weighted by Gasteiger charge is -2.14. The Kier molecular flexibility index (Phi) is 4.93. The highest BCUT2D eigenvalue weighted by atomic mass is 32.1. The standard InChI is InChI=1S/C16H19NO2S/c1-11-5-4-6-13(9-11)16(18)17-10-14(19-3)15-8-7-12(2)20-15/h4-9,14H,10H2,1-3H3,(H,17,18). The Hall–Kier alpha value is -1.65. The van der Waals surface area contributed by atoms with Crippen LogP contribution in [-0.4, -0.2) is 19.6 Å². The largest absolute Gasteiger partial charge is 0.374 e. The molecule has 0 saturated carbocycles. The van der Waals surface area contributed by atoms with E-state index in [0.29, 0.717) is 12.1 Å². The first-order valence-corrected chi connectivity index (χ1v) is 7.36. The molecule has 1 unspecified atom stereocenters. The SMILES string of the molecule is COC(CNC(=O)c1cccc(C)c1)c1ccc(C)s1. The molecule has 1 amide bonds. The lowest BCUT2D eigenvalue weighted by molar-refractivity contribution is 0.0837. The van der Waals surface area contributed by atoms with Crippen LogP contribution in [0.15, 0.2) is 36.4 Å². The molecule has 20 heavy (non-hydrogen) atoms. The fourth-order valence-corrected chi connectivity index (χ4v) is 2.96. The van der Waals surface area contributed by atoms with Crippen LogP contribution in [0, 0.1) is 13.8 Å². The van der Waals surface area contributed by atoms with E-state index in [4.69, 9.17) is 4.74 Å². The fourth-order valence-electron chi connectivity index (χ4n) is 2.00. The smallest absolute Gasteiger partial charge is 0.251 e. The molecule has 2 rings (SSSR count). The number of aryl methyl sites for hydroxylation is 2. The molecule has 1 heterocycles. The van der Waals surface area contributed by atoms with Gasteiger partial charge < -0.3 is 10.1 Å². The molecule has 3 nitrogen and oxygen atoms in total. The van der Waals surface area contributed by atoms with Gasteiger partial charge in [0.05, 0.1) is 0 Å². The second-order valence-corrected chi connectivity index (χ2v) is 6.07. The van der Waals surface area contributed by atoms with Crippen molar-refractivity contribution in [1.29, 1.82) is 0 Å². The zero-order valence-electron chi connectivity index (χ0n) is 12.0. The molecule has 1 aromatic heterocycles. The van der Waals surface area contributed by atoms with Gasteiger partial charge in [-0.3, -0.25) is 4.79 Å². The zero-order chi connectivity index (χ0) is 14.5. The molecule has 0 bridgehead atoms. The van der Waals surface area contributed by atoms with Crippen molar-refractivity contribution >= 4 is 17.2 Å². The van der Waals surface area contributed by atoms with E-state index in [9.17, 15) is 4.79 Å². The third kappa shape index (κ3) is 3.68. The van der Waals surface area contributed by atoms with Gasteiger partial charge in [-0.2, -0.15) is 0 Å². The van der Waals surface area contributed by atoms with Crippen LogP contribution < -0.4 is 5.32 Å². The predicted molar refractivity (Wildman–Crippen MR) is 82.3 cm³/mol. The van der Waals surface area contributed by atoms with Gasteiger partial charge in [0.15, 0.2) is 0 Å². The minimum atomic E-state index is -0.0949. The molecule has 0 radical (unpaired) electrons. The summed E-state index contributed by atoms with van der Waals surface area (Å²) < 4.78 is 5.46. The van der Waals surface area contributed by atoms with Crippen molar-refractivity contribution in [1.82, 2.24) is 5.32 Å². The molecule has 0 spiro atoms. The number of benzene rings is 1. The van der Waals surface area contributed by atoms with Crippen LogP contribution in [0.25, 0.3) is 0 Å². The quantitative estimate of drug-likeness (QED) is 0.915. The number of carbonyl (C=O) groups is 1. The summed E-state index contributed by atoms with van der Waals surface area (Å²) in [6.07, 6.45) is -0.0949. The highest BCUT2D eigenvalue weighted by Crippen LogP contribution is 2.24.